The first-order valence-corrected chi connectivity index (χ1v) is 12.1. The molecular formula is C28H22ClN3O6. The average molecular weight is 532 g/mol. The van der Waals surface area contributed by atoms with Crippen LogP contribution in [0.25, 0.3) is 16.8 Å². The molecular weight excluding hydrogens is 510 g/mol. The van der Waals surface area contributed by atoms with Crippen LogP contribution in [0.3, 0.4) is 0 Å². The monoisotopic (exact) mass is 531 g/mol. The zero-order valence-corrected chi connectivity index (χ0v) is 21.1. The third-order valence-electron chi connectivity index (χ3n) is 6.25. The number of ether oxygens (including phenoxy) is 1. The van der Waals surface area contributed by atoms with Crippen molar-refractivity contribution in [1.29, 1.82) is 0 Å². The number of nitrogens with one attached hydrogen (secondary N) is 1. The fourth-order valence-electron chi connectivity index (χ4n) is 4.54. The number of carbonyl (C=O) groups is 3. The van der Waals surface area contributed by atoms with Gasteiger partial charge < -0.3 is 19.9 Å². The lowest BCUT2D eigenvalue weighted by Gasteiger charge is -2.23. The lowest BCUT2D eigenvalue weighted by molar-refractivity contribution is -0.132. The summed E-state index contributed by atoms with van der Waals surface area (Å²) >= 11 is 6.39. The van der Waals surface area contributed by atoms with E-state index in [4.69, 9.17) is 16.3 Å². The number of aromatic nitrogens is 2. The predicted octanol–water partition coefficient (Wildman–Crippen LogP) is 5.25. The number of amides is 1. The topological polar surface area (TPSA) is 133 Å². The van der Waals surface area contributed by atoms with Crippen molar-refractivity contribution in [3.8, 4) is 5.75 Å². The molecule has 1 aliphatic heterocycles. The van der Waals surface area contributed by atoms with Gasteiger partial charge in [0.05, 0.1) is 39.8 Å². The number of fused-ring (bicyclic) bond motifs is 1. The molecule has 2 heterocycles. The second-order valence-electron chi connectivity index (χ2n) is 8.76. The first-order chi connectivity index (χ1) is 18.2. The van der Waals surface area contributed by atoms with E-state index in [9.17, 15) is 24.6 Å². The summed E-state index contributed by atoms with van der Waals surface area (Å²) in [7, 11) is 0. The van der Waals surface area contributed by atoms with Gasteiger partial charge in [0.2, 0.25) is 5.95 Å². The minimum atomic E-state index is -1.12. The molecule has 3 aromatic carbocycles. The summed E-state index contributed by atoms with van der Waals surface area (Å²) in [6.45, 7) is 4.06. The van der Waals surface area contributed by atoms with Crippen molar-refractivity contribution in [3.05, 3.63) is 93.5 Å². The molecule has 1 aliphatic rings. The fourth-order valence-corrected chi connectivity index (χ4v) is 4.74. The number of anilines is 1. The Balaban J connectivity index is 1.73. The van der Waals surface area contributed by atoms with E-state index < -0.39 is 29.5 Å². The molecule has 38 heavy (non-hydrogen) atoms. The van der Waals surface area contributed by atoms with Crippen molar-refractivity contribution in [2.75, 3.05) is 11.5 Å². The second kappa shape index (κ2) is 9.68. The predicted molar refractivity (Wildman–Crippen MR) is 142 cm³/mol. The van der Waals surface area contributed by atoms with Gasteiger partial charge in [-0.25, -0.2) is 9.78 Å². The maximum Gasteiger partial charge on any atom is 0.335 e. The van der Waals surface area contributed by atoms with Gasteiger partial charge in [-0.3, -0.25) is 14.5 Å². The number of Topliss-reactive ketones (excluding diaryl/α,β-unsaturated/α-hetero) is 1. The number of imidazole rings is 1. The number of aromatic carboxylic acids is 1. The highest BCUT2D eigenvalue weighted by Gasteiger charge is 2.48. The van der Waals surface area contributed by atoms with Gasteiger partial charge >= 0.3 is 11.9 Å². The Hall–Kier alpha value is -4.63. The molecule has 0 aliphatic carbocycles. The van der Waals surface area contributed by atoms with E-state index in [2.05, 4.69) is 9.97 Å². The summed E-state index contributed by atoms with van der Waals surface area (Å²) in [4.78, 5) is 46.9. The fraction of sp³-hybridized carbons (Fsp3) is 0.143. The van der Waals surface area contributed by atoms with Crippen LogP contribution in [0.1, 0.15) is 40.0 Å². The third-order valence-corrected chi connectivity index (χ3v) is 6.58. The van der Waals surface area contributed by atoms with Crippen LogP contribution in [-0.4, -0.2) is 44.4 Å². The molecule has 0 bridgehead atoms. The number of carboxylic acid groups (broad SMARTS) is 1. The molecule has 192 valence electrons. The van der Waals surface area contributed by atoms with Crippen molar-refractivity contribution < 1.29 is 29.3 Å². The molecule has 1 amide bonds. The molecule has 5 rings (SSSR count). The summed E-state index contributed by atoms with van der Waals surface area (Å²) in [5, 5.41) is 20.9. The van der Waals surface area contributed by atoms with Gasteiger partial charge in [-0.15, -0.1) is 0 Å². The first kappa shape index (κ1) is 25.0. The average Bonchev–Trinajstić information content (AvgIpc) is 3.42. The molecule has 9 nitrogen and oxygen atoms in total. The summed E-state index contributed by atoms with van der Waals surface area (Å²) in [5.74, 6) is -2.93. The quantitative estimate of drug-likeness (QED) is 0.176. The number of aliphatic hydroxyl groups is 1. The maximum atomic E-state index is 13.5. The first-order valence-electron chi connectivity index (χ1n) is 11.7. The van der Waals surface area contributed by atoms with Crippen LogP contribution in [0.5, 0.6) is 5.75 Å². The molecule has 3 N–H and O–H groups in total. The van der Waals surface area contributed by atoms with E-state index in [1.54, 1.807) is 30.3 Å². The zero-order chi connectivity index (χ0) is 27.1. The number of hydrogen-bond acceptors (Lipinski definition) is 6. The van der Waals surface area contributed by atoms with E-state index in [-0.39, 0.29) is 27.7 Å². The summed E-state index contributed by atoms with van der Waals surface area (Å²) in [6.07, 6.45) is 0. The molecule has 1 unspecified atom stereocenters. The van der Waals surface area contributed by atoms with Crippen LogP contribution in [0.15, 0.2) is 66.2 Å². The summed E-state index contributed by atoms with van der Waals surface area (Å²) in [6, 6.07) is 15.1. The molecule has 4 aromatic rings. The highest BCUT2D eigenvalue weighted by molar-refractivity contribution is 6.51. The van der Waals surface area contributed by atoms with Crippen molar-refractivity contribution in [3.63, 3.8) is 0 Å². The standard InChI is InChI=1S/C28H22ClN3O6/c1-3-38-17-8-9-19(29)18(13-17)24(33)22-23(15-6-4-5-14(2)11-15)32(26(35)25(22)34)28-30-20-10-7-16(27(36)37)12-21(20)31-28/h4-13,23,33H,3H2,1-2H3,(H,30,31)(H,36,37)/b24-22+. The molecule has 0 radical (unpaired) electrons. The van der Waals surface area contributed by atoms with Gasteiger partial charge in [-0.1, -0.05) is 41.4 Å². The SMILES string of the molecule is CCOc1ccc(Cl)c(/C(O)=C2\C(=O)C(=O)N(c3nc4ccc(C(=O)O)cc4[nH]3)C2c2cccc(C)c2)c1. The normalized spacial score (nSPS) is 16.8. The number of hydrogen-bond donors (Lipinski definition) is 3. The number of carboxylic acids is 1. The number of aryl methyl sites for hydroxylation is 1. The summed E-state index contributed by atoms with van der Waals surface area (Å²) in [5.41, 5.74) is 2.23. The minimum absolute atomic E-state index is 0.0318. The number of H-pyrrole nitrogens is 1. The summed E-state index contributed by atoms with van der Waals surface area (Å²) < 4.78 is 5.53. The van der Waals surface area contributed by atoms with Gasteiger partial charge in [0.1, 0.15) is 11.5 Å². The van der Waals surface area contributed by atoms with Gasteiger partial charge in [0.25, 0.3) is 5.78 Å². The molecule has 1 aromatic heterocycles. The maximum absolute atomic E-state index is 13.5. The van der Waals surface area contributed by atoms with Crippen LogP contribution >= 0.6 is 11.6 Å². The number of aromatic amines is 1. The Bertz CT molecular complexity index is 1660. The van der Waals surface area contributed by atoms with E-state index >= 15 is 0 Å². The molecule has 10 heteroatoms. The largest absolute Gasteiger partial charge is 0.507 e. The van der Waals surface area contributed by atoms with E-state index in [0.717, 1.165) is 5.56 Å². The minimum Gasteiger partial charge on any atom is -0.507 e. The number of carbonyl (C=O) groups excluding carboxylic acids is 2. The van der Waals surface area contributed by atoms with Gasteiger partial charge in [-0.05, 0) is 55.8 Å². The molecule has 1 atom stereocenters. The number of ketones is 1. The Morgan fingerprint density at radius 2 is 1.89 bits per heavy atom. The molecule has 1 fully saturated rings. The second-order valence-corrected chi connectivity index (χ2v) is 9.16. The van der Waals surface area contributed by atoms with Gasteiger partial charge in [0, 0.05) is 5.56 Å². The Morgan fingerprint density at radius 3 is 2.61 bits per heavy atom. The Labute approximate surface area is 221 Å². The van der Waals surface area contributed by atoms with Crippen LogP contribution in [0.2, 0.25) is 5.02 Å². The van der Waals surface area contributed by atoms with E-state index in [0.29, 0.717) is 29.0 Å². The lowest BCUT2D eigenvalue weighted by Crippen LogP contribution is -2.30. The van der Waals surface area contributed by atoms with Crippen molar-refractivity contribution in [2.45, 2.75) is 19.9 Å². The van der Waals surface area contributed by atoms with E-state index in [1.807, 2.05) is 19.9 Å². The highest BCUT2D eigenvalue weighted by Crippen LogP contribution is 2.43. The molecule has 1 saturated heterocycles. The Kier molecular flexibility index (Phi) is 6.38. The van der Waals surface area contributed by atoms with Gasteiger partial charge in [0.15, 0.2) is 0 Å². The smallest absolute Gasteiger partial charge is 0.335 e. The van der Waals surface area contributed by atoms with E-state index in [1.165, 1.54) is 29.2 Å². The number of rotatable bonds is 6. The molecule has 0 saturated carbocycles. The number of benzene rings is 3. The van der Waals surface area contributed by atoms with Crippen LogP contribution < -0.4 is 9.64 Å². The van der Waals surface area contributed by atoms with Gasteiger partial charge in [-0.2, -0.15) is 0 Å². The third kappa shape index (κ3) is 4.26. The lowest BCUT2D eigenvalue weighted by atomic mass is 9.94. The Morgan fingerprint density at radius 1 is 1.11 bits per heavy atom. The van der Waals surface area contributed by atoms with Crippen LogP contribution in [-0.2, 0) is 9.59 Å². The molecule has 0 spiro atoms. The number of halogens is 1. The number of nitrogens with zero attached hydrogens (tertiary/aromatic N) is 2. The van der Waals surface area contributed by atoms with Crippen LogP contribution in [0, 0.1) is 6.92 Å². The van der Waals surface area contributed by atoms with Crippen LogP contribution in [0.4, 0.5) is 5.95 Å². The number of aliphatic hydroxyl groups excluding tert-OH is 1. The zero-order valence-electron chi connectivity index (χ0n) is 20.4. The van der Waals surface area contributed by atoms with Crippen molar-refractivity contribution in [2.24, 2.45) is 0 Å². The van der Waals surface area contributed by atoms with Crippen molar-refractivity contribution in [1.82, 2.24) is 9.97 Å². The highest BCUT2D eigenvalue weighted by atomic mass is 35.5. The van der Waals surface area contributed by atoms with Crippen molar-refractivity contribution >= 4 is 52.0 Å².